The van der Waals surface area contributed by atoms with Gasteiger partial charge in [0.1, 0.15) is 0 Å². The minimum absolute atomic E-state index is 0.595. The summed E-state index contributed by atoms with van der Waals surface area (Å²) in [5.74, 6) is 1.47. The minimum atomic E-state index is 0.595. The molecule has 0 saturated heterocycles. The molecule has 0 aliphatic heterocycles. The standard InChI is InChI=1S/C17H18N2O2/c1-3-21-17-10-14(7-8-16(17)20-2)12-19-15-6-4-5-13(9-15)11-18/h4-10,19H,3,12H2,1-2H3. The van der Waals surface area contributed by atoms with Crippen LogP contribution in [0.4, 0.5) is 5.69 Å². The summed E-state index contributed by atoms with van der Waals surface area (Å²) in [5, 5.41) is 12.2. The first-order valence-electron chi connectivity index (χ1n) is 6.80. The normalized spacial score (nSPS) is 9.76. The summed E-state index contributed by atoms with van der Waals surface area (Å²) >= 11 is 0. The number of nitriles is 1. The van der Waals surface area contributed by atoms with Gasteiger partial charge in [-0.15, -0.1) is 0 Å². The van der Waals surface area contributed by atoms with Crippen LogP contribution < -0.4 is 14.8 Å². The number of anilines is 1. The summed E-state index contributed by atoms with van der Waals surface area (Å²) in [4.78, 5) is 0. The van der Waals surface area contributed by atoms with Crippen molar-refractivity contribution in [3.8, 4) is 17.6 Å². The minimum Gasteiger partial charge on any atom is -0.493 e. The highest BCUT2D eigenvalue weighted by Crippen LogP contribution is 2.28. The molecule has 4 heteroatoms. The lowest BCUT2D eigenvalue weighted by atomic mass is 10.1. The molecular weight excluding hydrogens is 264 g/mol. The second-order valence-electron chi connectivity index (χ2n) is 4.46. The van der Waals surface area contributed by atoms with E-state index in [4.69, 9.17) is 14.7 Å². The third kappa shape index (κ3) is 3.90. The Bertz CT molecular complexity index is 647. The molecule has 0 fully saturated rings. The molecule has 2 aromatic rings. The van der Waals surface area contributed by atoms with Crippen LogP contribution in [0.15, 0.2) is 42.5 Å². The molecule has 1 N–H and O–H groups in total. The second-order valence-corrected chi connectivity index (χ2v) is 4.46. The van der Waals surface area contributed by atoms with Gasteiger partial charge in [-0.3, -0.25) is 0 Å². The monoisotopic (exact) mass is 282 g/mol. The van der Waals surface area contributed by atoms with Crippen molar-refractivity contribution in [3.63, 3.8) is 0 Å². The van der Waals surface area contributed by atoms with E-state index in [9.17, 15) is 0 Å². The molecule has 0 heterocycles. The third-order valence-electron chi connectivity index (χ3n) is 3.02. The van der Waals surface area contributed by atoms with E-state index in [0.29, 0.717) is 18.7 Å². The van der Waals surface area contributed by atoms with Crippen molar-refractivity contribution in [1.29, 1.82) is 5.26 Å². The van der Waals surface area contributed by atoms with Gasteiger partial charge in [0.15, 0.2) is 11.5 Å². The summed E-state index contributed by atoms with van der Waals surface area (Å²) in [5.41, 5.74) is 2.65. The molecule has 108 valence electrons. The summed E-state index contributed by atoms with van der Waals surface area (Å²) in [6.07, 6.45) is 0. The lowest BCUT2D eigenvalue weighted by molar-refractivity contribution is 0.310. The van der Waals surface area contributed by atoms with E-state index in [2.05, 4.69) is 11.4 Å². The van der Waals surface area contributed by atoms with Gasteiger partial charge >= 0.3 is 0 Å². The number of methoxy groups -OCH3 is 1. The summed E-state index contributed by atoms with van der Waals surface area (Å²) in [6, 6.07) is 15.4. The number of benzene rings is 2. The van der Waals surface area contributed by atoms with Crippen molar-refractivity contribution in [1.82, 2.24) is 0 Å². The van der Waals surface area contributed by atoms with E-state index in [-0.39, 0.29) is 0 Å². The second kappa shape index (κ2) is 7.20. The highest BCUT2D eigenvalue weighted by molar-refractivity contribution is 5.50. The molecule has 0 aliphatic rings. The number of nitrogens with one attached hydrogen (secondary N) is 1. The van der Waals surface area contributed by atoms with Crippen LogP contribution in [0.5, 0.6) is 11.5 Å². The zero-order chi connectivity index (χ0) is 15.1. The zero-order valence-electron chi connectivity index (χ0n) is 12.2. The average Bonchev–Trinajstić information content (AvgIpc) is 2.53. The van der Waals surface area contributed by atoms with E-state index in [1.807, 2.05) is 43.3 Å². The van der Waals surface area contributed by atoms with Crippen molar-refractivity contribution in [2.45, 2.75) is 13.5 Å². The van der Waals surface area contributed by atoms with Gasteiger partial charge in [-0.1, -0.05) is 12.1 Å². The molecule has 0 aromatic heterocycles. The van der Waals surface area contributed by atoms with Gasteiger partial charge in [-0.05, 0) is 42.8 Å². The van der Waals surface area contributed by atoms with Gasteiger partial charge in [-0.25, -0.2) is 0 Å². The molecule has 0 radical (unpaired) electrons. The summed E-state index contributed by atoms with van der Waals surface area (Å²) in [6.45, 7) is 3.19. The van der Waals surface area contributed by atoms with Crippen molar-refractivity contribution in [3.05, 3.63) is 53.6 Å². The first-order valence-corrected chi connectivity index (χ1v) is 6.80. The van der Waals surface area contributed by atoms with E-state index in [1.165, 1.54) is 0 Å². The Labute approximate surface area is 124 Å². The lowest BCUT2D eigenvalue weighted by Gasteiger charge is -2.12. The molecule has 4 nitrogen and oxygen atoms in total. The number of ether oxygens (including phenoxy) is 2. The highest BCUT2D eigenvalue weighted by Gasteiger charge is 2.05. The molecule has 2 rings (SSSR count). The predicted molar refractivity (Wildman–Crippen MR) is 82.6 cm³/mol. The van der Waals surface area contributed by atoms with E-state index < -0.39 is 0 Å². The molecule has 0 unspecified atom stereocenters. The van der Waals surface area contributed by atoms with E-state index in [0.717, 1.165) is 22.7 Å². The number of hydrogen-bond donors (Lipinski definition) is 1. The maximum atomic E-state index is 8.89. The Morgan fingerprint density at radius 1 is 1.14 bits per heavy atom. The quantitative estimate of drug-likeness (QED) is 0.880. The Morgan fingerprint density at radius 3 is 2.71 bits per heavy atom. The van der Waals surface area contributed by atoms with Crippen molar-refractivity contribution in [2.24, 2.45) is 0 Å². The number of rotatable bonds is 6. The van der Waals surface area contributed by atoms with Gasteiger partial charge in [-0.2, -0.15) is 5.26 Å². The smallest absolute Gasteiger partial charge is 0.161 e. The molecule has 0 atom stereocenters. The maximum Gasteiger partial charge on any atom is 0.161 e. The van der Waals surface area contributed by atoms with E-state index in [1.54, 1.807) is 13.2 Å². The van der Waals surface area contributed by atoms with Crippen molar-refractivity contribution >= 4 is 5.69 Å². The first kappa shape index (κ1) is 14.7. The molecule has 2 aromatic carbocycles. The topological polar surface area (TPSA) is 54.3 Å². The SMILES string of the molecule is CCOc1cc(CNc2cccc(C#N)c2)ccc1OC. The Kier molecular flexibility index (Phi) is 5.05. The van der Waals surface area contributed by atoms with Gasteiger partial charge in [0.05, 0.1) is 25.3 Å². The maximum absolute atomic E-state index is 8.89. The Hall–Kier alpha value is -2.67. The van der Waals surface area contributed by atoms with Gasteiger partial charge in [0, 0.05) is 12.2 Å². The van der Waals surface area contributed by atoms with Crippen LogP contribution in [0, 0.1) is 11.3 Å². The van der Waals surface area contributed by atoms with Gasteiger partial charge < -0.3 is 14.8 Å². The van der Waals surface area contributed by atoms with Crippen LogP contribution in [-0.2, 0) is 6.54 Å². The van der Waals surface area contributed by atoms with Crippen LogP contribution in [0.1, 0.15) is 18.1 Å². The zero-order valence-corrected chi connectivity index (χ0v) is 12.2. The molecule has 0 saturated carbocycles. The lowest BCUT2D eigenvalue weighted by Crippen LogP contribution is -2.01. The Morgan fingerprint density at radius 2 is 2.00 bits per heavy atom. The van der Waals surface area contributed by atoms with Crippen LogP contribution in [0.3, 0.4) is 0 Å². The van der Waals surface area contributed by atoms with Gasteiger partial charge in [0.2, 0.25) is 0 Å². The van der Waals surface area contributed by atoms with Crippen LogP contribution in [0.25, 0.3) is 0 Å². The number of nitrogens with zero attached hydrogens (tertiary/aromatic N) is 1. The number of hydrogen-bond acceptors (Lipinski definition) is 4. The van der Waals surface area contributed by atoms with Crippen LogP contribution in [0.2, 0.25) is 0 Å². The molecule has 0 bridgehead atoms. The third-order valence-corrected chi connectivity index (χ3v) is 3.02. The first-order chi connectivity index (χ1) is 10.3. The summed E-state index contributed by atoms with van der Waals surface area (Å²) < 4.78 is 10.8. The summed E-state index contributed by atoms with van der Waals surface area (Å²) in [7, 11) is 1.63. The fourth-order valence-corrected chi connectivity index (χ4v) is 2.00. The van der Waals surface area contributed by atoms with E-state index >= 15 is 0 Å². The van der Waals surface area contributed by atoms with Crippen LogP contribution in [-0.4, -0.2) is 13.7 Å². The molecule has 0 spiro atoms. The fourth-order valence-electron chi connectivity index (χ4n) is 2.00. The largest absolute Gasteiger partial charge is 0.493 e. The average molecular weight is 282 g/mol. The molecule has 0 amide bonds. The molecule has 21 heavy (non-hydrogen) atoms. The van der Waals surface area contributed by atoms with Crippen molar-refractivity contribution < 1.29 is 9.47 Å². The van der Waals surface area contributed by atoms with Crippen molar-refractivity contribution in [2.75, 3.05) is 19.0 Å². The fraction of sp³-hybridized carbons (Fsp3) is 0.235. The predicted octanol–water partition coefficient (Wildman–Crippen LogP) is 3.58. The highest BCUT2D eigenvalue weighted by atomic mass is 16.5. The Balaban J connectivity index is 2.09. The molecular formula is C17H18N2O2. The van der Waals surface area contributed by atoms with Gasteiger partial charge in [0.25, 0.3) is 0 Å². The molecule has 0 aliphatic carbocycles. The van der Waals surface area contributed by atoms with Crippen LogP contribution >= 0.6 is 0 Å².